The lowest BCUT2D eigenvalue weighted by atomic mass is 10.2. The van der Waals surface area contributed by atoms with Crippen LogP contribution in [0, 0.1) is 0 Å². The van der Waals surface area contributed by atoms with Gasteiger partial charge in [-0.3, -0.25) is 5.84 Å². The van der Waals surface area contributed by atoms with Crippen molar-refractivity contribution in [3.05, 3.63) is 35.4 Å². The summed E-state index contributed by atoms with van der Waals surface area (Å²) in [6, 6.07) is 1.85. The molecule has 2 aromatic heterocycles. The summed E-state index contributed by atoms with van der Waals surface area (Å²) in [5.41, 5.74) is 2.73. The highest BCUT2D eigenvalue weighted by molar-refractivity contribution is 7.05. The maximum Gasteiger partial charge on any atom is 0.132 e. The van der Waals surface area contributed by atoms with Crippen molar-refractivity contribution in [1.29, 1.82) is 0 Å². The van der Waals surface area contributed by atoms with Crippen molar-refractivity contribution in [2.45, 2.75) is 6.04 Å². The summed E-state index contributed by atoms with van der Waals surface area (Å²) in [5.74, 6) is 6.39. The van der Waals surface area contributed by atoms with Gasteiger partial charge in [0.15, 0.2) is 0 Å². The van der Waals surface area contributed by atoms with Crippen LogP contribution in [0.25, 0.3) is 0 Å². The van der Waals surface area contributed by atoms with Crippen molar-refractivity contribution in [1.82, 2.24) is 19.4 Å². The van der Waals surface area contributed by atoms with Crippen LogP contribution in [-0.4, -0.2) is 13.9 Å². The van der Waals surface area contributed by atoms with Crippen LogP contribution in [0.4, 0.5) is 0 Å². The number of hydrogen-bond acceptors (Lipinski definition) is 5. The van der Waals surface area contributed by atoms with E-state index < -0.39 is 0 Å². The van der Waals surface area contributed by atoms with Gasteiger partial charge in [0.25, 0.3) is 0 Å². The first-order valence-corrected chi connectivity index (χ1v) is 4.94. The molecule has 0 saturated carbocycles. The van der Waals surface area contributed by atoms with E-state index in [-0.39, 0.29) is 6.04 Å². The number of nitrogens with zero attached hydrogens (tertiary/aromatic N) is 3. The van der Waals surface area contributed by atoms with Crippen LogP contribution in [0.15, 0.2) is 24.7 Å². The van der Waals surface area contributed by atoms with Gasteiger partial charge in [0.1, 0.15) is 11.9 Å². The SMILES string of the molecule is Cn1ccnc1C(NN)c1ccns1. The molecule has 0 aliphatic carbocycles. The summed E-state index contributed by atoms with van der Waals surface area (Å²) in [6.07, 6.45) is 5.40. The topological polar surface area (TPSA) is 68.8 Å². The van der Waals surface area contributed by atoms with Crippen molar-refractivity contribution in [3.63, 3.8) is 0 Å². The molecular formula is C8H11N5S. The lowest BCUT2D eigenvalue weighted by Crippen LogP contribution is -2.30. The average Bonchev–Trinajstić information content (AvgIpc) is 2.80. The van der Waals surface area contributed by atoms with E-state index in [1.165, 1.54) is 11.5 Å². The minimum atomic E-state index is -0.0810. The zero-order valence-corrected chi connectivity index (χ0v) is 8.53. The summed E-state index contributed by atoms with van der Waals surface area (Å²) in [6.45, 7) is 0. The number of rotatable bonds is 3. The second-order valence-electron chi connectivity index (χ2n) is 2.91. The lowest BCUT2D eigenvalue weighted by Gasteiger charge is -2.12. The summed E-state index contributed by atoms with van der Waals surface area (Å²) < 4.78 is 5.97. The molecule has 0 aliphatic heterocycles. The molecule has 6 heteroatoms. The Labute approximate surface area is 85.7 Å². The lowest BCUT2D eigenvalue weighted by molar-refractivity contribution is 0.588. The zero-order valence-electron chi connectivity index (χ0n) is 7.71. The van der Waals surface area contributed by atoms with Gasteiger partial charge in [0, 0.05) is 25.6 Å². The van der Waals surface area contributed by atoms with E-state index in [9.17, 15) is 0 Å². The molecule has 0 radical (unpaired) electrons. The Hall–Kier alpha value is -1.24. The van der Waals surface area contributed by atoms with Crippen molar-refractivity contribution in [2.75, 3.05) is 0 Å². The quantitative estimate of drug-likeness (QED) is 0.568. The largest absolute Gasteiger partial charge is 0.336 e. The monoisotopic (exact) mass is 209 g/mol. The third-order valence-electron chi connectivity index (χ3n) is 2.03. The van der Waals surface area contributed by atoms with Crippen molar-refractivity contribution < 1.29 is 0 Å². The average molecular weight is 209 g/mol. The van der Waals surface area contributed by atoms with E-state index >= 15 is 0 Å². The van der Waals surface area contributed by atoms with Crippen molar-refractivity contribution >= 4 is 11.5 Å². The molecule has 3 N–H and O–H groups in total. The molecule has 5 nitrogen and oxygen atoms in total. The minimum Gasteiger partial charge on any atom is -0.336 e. The molecule has 0 aromatic carbocycles. The third-order valence-corrected chi connectivity index (χ3v) is 2.84. The van der Waals surface area contributed by atoms with Gasteiger partial charge in [-0.1, -0.05) is 0 Å². The molecule has 14 heavy (non-hydrogen) atoms. The van der Waals surface area contributed by atoms with Crippen LogP contribution >= 0.6 is 11.5 Å². The Morgan fingerprint density at radius 3 is 2.93 bits per heavy atom. The number of nitrogens with one attached hydrogen (secondary N) is 1. The first-order valence-electron chi connectivity index (χ1n) is 4.17. The fourth-order valence-electron chi connectivity index (χ4n) is 1.31. The van der Waals surface area contributed by atoms with Crippen LogP contribution in [0.3, 0.4) is 0 Å². The molecule has 0 spiro atoms. The van der Waals surface area contributed by atoms with Crippen LogP contribution in [-0.2, 0) is 7.05 Å². The predicted molar refractivity (Wildman–Crippen MR) is 54.5 cm³/mol. The van der Waals surface area contributed by atoms with Gasteiger partial charge < -0.3 is 4.57 Å². The second-order valence-corrected chi connectivity index (χ2v) is 3.78. The minimum absolute atomic E-state index is 0.0810. The highest BCUT2D eigenvalue weighted by Crippen LogP contribution is 2.21. The molecule has 1 unspecified atom stereocenters. The molecule has 74 valence electrons. The van der Waals surface area contributed by atoms with E-state index in [4.69, 9.17) is 5.84 Å². The molecule has 2 heterocycles. The van der Waals surface area contributed by atoms with Crippen molar-refractivity contribution in [3.8, 4) is 0 Å². The third kappa shape index (κ3) is 1.54. The fraction of sp³-hybridized carbons (Fsp3) is 0.250. The number of hydrogen-bond donors (Lipinski definition) is 2. The van der Waals surface area contributed by atoms with Crippen LogP contribution in [0.1, 0.15) is 16.7 Å². The normalized spacial score (nSPS) is 13.0. The number of aryl methyl sites for hydroxylation is 1. The first kappa shape index (κ1) is 9.32. The van der Waals surface area contributed by atoms with Crippen LogP contribution in [0.2, 0.25) is 0 Å². The van der Waals surface area contributed by atoms with Crippen LogP contribution < -0.4 is 11.3 Å². The van der Waals surface area contributed by atoms with E-state index in [1.807, 2.05) is 23.9 Å². The zero-order chi connectivity index (χ0) is 9.97. The number of hydrazine groups is 1. The number of nitrogens with two attached hydrogens (primary N) is 1. The highest BCUT2D eigenvalue weighted by Gasteiger charge is 2.17. The highest BCUT2D eigenvalue weighted by atomic mass is 32.1. The van der Waals surface area contributed by atoms with Crippen molar-refractivity contribution in [2.24, 2.45) is 12.9 Å². The molecule has 0 aliphatic rings. The van der Waals surface area contributed by atoms with Gasteiger partial charge in [-0.15, -0.1) is 0 Å². The van der Waals surface area contributed by atoms with Gasteiger partial charge in [0.05, 0.1) is 4.88 Å². The maximum absolute atomic E-state index is 5.50. The summed E-state index contributed by atoms with van der Waals surface area (Å²) >= 11 is 1.42. The Morgan fingerprint density at radius 2 is 2.43 bits per heavy atom. The fourth-order valence-corrected chi connectivity index (χ4v) is 1.96. The summed E-state index contributed by atoms with van der Waals surface area (Å²) in [7, 11) is 1.94. The molecule has 2 rings (SSSR count). The molecule has 1 atom stereocenters. The molecule has 2 aromatic rings. The summed E-state index contributed by atoms with van der Waals surface area (Å²) in [5, 5.41) is 0. The molecular weight excluding hydrogens is 198 g/mol. The number of imidazole rings is 1. The first-order chi connectivity index (χ1) is 6.83. The van der Waals surface area contributed by atoms with Gasteiger partial charge >= 0.3 is 0 Å². The molecule has 0 saturated heterocycles. The second kappa shape index (κ2) is 3.87. The smallest absolute Gasteiger partial charge is 0.132 e. The summed E-state index contributed by atoms with van der Waals surface area (Å²) in [4.78, 5) is 5.30. The van der Waals surface area contributed by atoms with E-state index in [0.29, 0.717) is 0 Å². The predicted octanol–water partition coefficient (Wildman–Crippen LogP) is 0.429. The maximum atomic E-state index is 5.50. The van der Waals surface area contributed by atoms with Gasteiger partial charge in [-0.2, -0.15) is 0 Å². The Bertz CT molecular complexity index is 394. The molecule has 0 fully saturated rings. The molecule has 0 bridgehead atoms. The van der Waals surface area contributed by atoms with Gasteiger partial charge in [-0.05, 0) is 17.6 Å². The Morgan fingerprint density at radius 1 is 1.57 bits per heavy atom. The van der Waals surface area contributed by atoms with E-state index in [2.05, 4.69) is 14.8 Å². The number of aromatic nitrogens is 3. The standard InChI is InChI=1S/C8H11N5S/c1-13-5-4-10-8(13)7(12-9)6-2-3-11-14-6/h2-5,7,12H,9H2,1H3. The van der Waals surface area contributed by atoms with Gasteiger partial charge in [0.2, 0.25) is 0 Å². The van der Waals surface area contributed by atoms with E-state index in [0.717, 1.165) is 10.7 Å². The van der Waals surface area contributed by atoms with Crippen LogP contribution in [0.5, 0.6) is 0 Å². The van der Waals surface area contributed by atoms with Gasteiger partial charge in [-0.25, -0.2) is 14.8 Å². The Kier molecular flexibility index (Phi) is 2.58. The Balaban J connectivity index is 2.36. The van der Waals surface area contributed by atoms with E-state index in [1.54, 1.807) is 12.4 Å². The molecule has 0 amide bonds.